The highest BCUT2D eigenvalue weighted by molar-refractivity contribution is 6.24. The Kier molecular flexibility index (Phi) is 14.5. The monoisotopic (exact) mass is 1030 g/mol. The number of fused-ring (bicyclic) bond motifs is 3. The molecule has 19 nitrogen and oxygen atoms in total. The van der Waals surface area contributed by atoms with Crippen LogP contribution in [-0.2, 0) is 40.6 Å². The van der Waals surface area contributed by atoms with E-state index in [1.165, 1.54) is 30.3 Å². The van der Waals surface area contributed by atoms with Gasteiger partial charge in [-0.3, -0.25) is 29.4 Å². The molecule has 0 radical (unpaired) electrons. The van der Waals surface area contributed by atoms with Crippen molar-refractivity contribution in [3.63, 3.8) is 0 Å². The Morgan fingerprint density at radius 1 is 0.842 bits per heavy atom. The molecule has 5 N–H and O–H groups in total. The quantitative estimate of drug-likeness (QED) is 0.0420. The molecule has 386 valence electrons. The van der Waals surface area contributed by atoms with Gasteiger partial charge in [0.2, 0.25) is 11.8 Å². The number of nitrogens with zero attached hydrogens (tertiary/aromatic N) is 4. The van der Waals surface area contributed by atoms with E-state index < -0.39 is 77.0 Å². The fourth-order valence-corrected chi connectivity index (χ4v) is 10.9. The third-order valence-electron chi connectivity index (χ3n) is 14.1. The zero-order valence-electron chi connectivity index (χ0n) is 40.8. The first-order valence-electron chi connectivity index (χ1n) is 24.5. The number of nitro groups is 1. The van der Waals surface area contributed by atoms with Gasteiger partial charge in [0, 0.05) is 47.7 Å². The van der Waals surface area contributed by atoms with Crippen molar-refractivity contribution in [3.8, 4) is 17.6 Å². The molecule has 4 heterocycles. The number of para-hydroxylation sites is 1. The van der Waals surface area contributed by atoms with E-state index in [0.717, 1.165) is 10.6 Å². The van der Waals surface area contributed by atoms with Crippen LogP contribution in [0.3, 0.4) is 0 Å². The fraction of sp³-hybridized carbons (Fsp3) is 0.246. The number of hydrogen-bond acceptors (Lipinski definition) is 14. The molecule has 0 aromatic heterocycles. The van der Waals surface area contributed by atoms with Gasteiger partial charge in [-0.1, -0.05) is 90.7 Å². The lowest BCUT2D eigenvalue weighted by Crippen LogP contribution is -2.54. The van der Waals surface area contributed by atoms with Gasteiger partial charge in [-0.25, -0.2) is 14.5 Å². The number of nitrogens with one attached hydrogen (secondary N) is 2. The number of urea groups is 1. The summed E-state index contributed by atoms with van der Waals surface area (Å²) in [4.78, 5) is 90.8. The minimum Gasteiger partial charge on any atom is -0.491 e. The van der Waals surface area contributed by atoms with Crippen LogP contribution in [0.1, 0.15) is 51.6 Å². The number of carbonyl (C=O) groups is 5. The summed E-state index contributed by atoms with van der Waals surface area (Å²) in [5.41, 5.74) is 6.54. The predicted molar refractivity (Wildman–Crippen MR) is 277 cm³/mol. The number of hydrogen-bond donors (Lipinski definition) is 4. The summed E-state index contributed by atoms with van der Waals surface area (Å²) in [5.74, 6) is 1.84. The van der Waals surface area contributed by atoms with Gasteiger partial charge in [-0.15, -0.1) is 0 Å². The maximum atomic E-state index is 16.7. The van der Waals surface area contributed by atoms with E-state index in [1.807, 2.05) is 77.7 Å². The number of carbonyl (C=O) groups excluding carboxylic acids is 5. The van der Waals surface area contributed by atoms with Crippen molar-refractivity contribution in [2.24, 2.45) is 11.7 Å². The number of nitrogens with two attached hydrogens (primary N) is 1. The molecule has 3 fully saturated rings. The van der Waals surface area contributed by atoms with Crippen LogP contribution in [0, 0.1) is 27.9 Å². The number of anilines is 3. The average Bonchev–Trinajstić information content (AvgIpc) is 4.10. The molecule has 19 heteroatoms. The number of morpholine rings is 2. The van der Waals surface area contributed by atoms with Crippen molar-refractivity contribution in [2.45, 2.75) is 36.3 Å². The van der Waals surface area contributed by atoms with Crippen LogP contribution in [-0.4, -0.2) is 96.9 Å². The summed E-state index contributed by atoms with van der Waals surface area (Å²) in [6, 6.07) is 37.8. The number of non-ortho nitro benzene ring substituents is 1. The number of benzene rings is 6. The molecule has 6 unspecified atom stereocenters. The highest BCUT2D eigenvalue weighted by Gasteiger charge is 2.76. The summed E-state index contributed by atoms with van der Waals surface area (Å²) in [7, 11) is 0. The molecule has 1 spiro atoms. The van der Waals surface area contributed by atoms with Crippen LogP contribution >= 0.6 is 0 Å². The van der Waals surface area contributed by atoms with Gasteiger partial charge in [0.15, 0.2) is 0 Å². The van der Waals surface area contributed by atoms with Gasteiger partial charge in [0.25, 0.3) is 5.69 Å². The Morgan fingerprint density at radius 2 is 1.53 bits per heavy atom. The molecule has 0 aliphatic carbocycles. The first-order chi connectivity index (χ1) is 37.0. The van der Waals surface area contributed by atoms with Gasteiger partial charge < -0.3 is 45.3 Å². The van der Waals surface area contributed by atoms with Gasteiger partial charge in [-0.2, -0.15) is 0 Å². The van der Waals surface area contributed by atoms with E-state index in [9.17, 15) is 24.8 Å². The third kappa shape index (κ3) is 9.52. The van der Waals surface area contributed by atoms with Crippen LogP contribution in [0.4, 0.5) is 32.3 Å². The summed E-state index contributed by atoms with van der Waals surface area (Å²) in [6.45, 7) is 1.30. The number of ether oxygens (including phenoxy) is 4. The lowest BCUT2D eigenvalue weighted by Gasteiger charge is -2.46. The molecule has 6 aromatic rings. The lowest BCUT2D eigenvalue weighted by molar-refractivity contribution is -0.384. The molecule has 4 aliphatic rings. The number of imide groups is 1. The Morgan fingerprint density at radius 3 is 2.21 bits per heavy atom. The Balaban J connectivity index is 1.22. The van der Waals surface area contributed by atoms with Crippen molar-refractivity contribution < 1.29 is 52.9 Å². The Bertz CT molecular complexity index is 3240. The SMILES string of the molecule is NC(=O)NCC#Cc1ccc2c(c1)C1(C(=O)N2C(=O)OCc2ccc([N+](=O)[O-])cc2)C(C(=O)Nc2ccc(N3CCOCC3)cc2)C2C(=O)OC(c3ccccc3)C(c3ccccc3)N2C1c1ccccc1OCCO. The molecule has 4 aliphatic heterocycles. The Hall–Kier alpha value is -9.09. The second-order valence-electron chi connectivity index (χ2n) is 18.4. The highest BCUT2D eigenvalue weighted by atomic mass is 16.6. The molecule has 10 rings (SSSR count). The molecule has 3 saturated heterocycles. The summed E-state index contributed by atoms with van der Waals surface area (Å²) in [6.07, 6.45) is -2.18. The zero-order chi connectivity index (χ0) is 52.9. The van der Waals surface area contributed by atoms with Crippen molar-refractivity contribution in [2.75, 3.05) is 61.2 Å². The number of nitro benzene ring substituents is 1. The standard InChI is InChI=1S/C57H51N7O12/c58-55(69)59-27-9-10-36-19-26-45-44(34-36)57(54(68)62(45)56(70)75-35-37-17-22-42(23-18-37)64(71)72)47(52(66)60-40-20-24-41(25-21-40)61-28-31-73-32-29-61)49-53(67)76-50(39-13-5-2-6-14-39)48(38-11-3-1-4-12-38)63(49)51(57)43-15-7-8-16-46(43)74-33-30-65/h1-8,11-26,34,47-51,65H,27-33,35H2,(H,60,66)(H3,58,59,69). The average molecular weight is 1030 g/mol. The second-order valence-corrected chi connectivity index (χ2v) is 18.4. The number of primary amides is 1. The largest absolute Gasteiger partial charge is 0.491 e. The maximum Gasteiger partial charge on any atom is 0.421 e. The van der Waals surface area contributed by atoms with Gasteiger partial charge in [-0.05, 0) is 82.9 Å². The number of cyclic esters (lactones) is 1. The second kappa shape index (κ2) is 21.8. The van der Waals surface area contributed by atoms with Gasteiger partial charge >= 0.3 is 18.1 Å². The van der Waals surface area contributed by atoms with Crippen LogP contribution in [0.25, 0.3) is 0 Å². The summed E-state index contributed by atoms with van der Waals surface area (Å²) in [5, 5.41) is 27.1. The molecule has 76 heavy (non-hydrogen) atoms. The van der Waals surface area contributed by atoms with E-state index in [0.29, 0.717) is 59.8 Å². The van der Waals surface area contributed by atoms with Crippen molar-refractivity contribution in [3.05, 3.63) is 195 Å². The zero-order valence-corrected chi connectivity index (χ0v) is 40.8. The van der Waals surface area contributed by atoms with E-state index in [1.54, 1.807) is 48.5 Å². The van der Waals surface area contributed by atoms with Crippen LogP contribution in [0.15, 0.2) is 152 Å². The number of amides is 5. The molecule has 6 atom stereocenters. The van der Waals surface area contributed by atoms with E-state index >= 15 is 14.4 Å². The lowest BCUT2D eigenvalue weighted by atomic mass is 9.65. The number of rotatable bonds is 13. The molecule has 6 aromatic carbocycles. The van der Waals surface area contributed by atoms with Crippen LogP contribution < -0.4 is 30.9 Å². The first-order valence-corrected chi connectivity index (χ1v) is 24.5. The minimum atomic E-state index is -2.26. The topological polar surface area (TPSA) is 245 Å². The van der Waals surface area contributed by atoms with Crippen molar-refractivity contribution in [1.82, 2.24) is 10.2 Å². The number of aliphatic hydroxyl groups is 1. The molecule has 0 saturated carbocycles. The summed E-state index contributed by atoms with van der Waals surface area (Å²) < 4.78 is 24.4. The number of aliphatic hydroxyl groups excluding tert-OH is 1. The minimum absolute atomic E-state index is 0.00927. The molecule has 5 amide bonds. The van der Waals surface area contributed by atoms with Crippen LogP contribution in [0.5, 0.6) is 5.75 Å². The van der Waals surface area contributed by atoms with E-state index in [4.69, 9.17) is 24.7 Å². The number of esters is 1. The van der Waals surface area contributed by atoms with Crippen molar-refractivity contribution >= 4 is 52.7 Å². The predicted octanol–water partition coefficient (Wildman–Crippen LogP) is 6.46. The van der Waals surface area contributed by atoms with Crippen molar-refractivity contribution in [1.29, 1.82) is 0 Å². The van der Waals surface area contributed by atoms with Gasteiger partial charge in [0.05, 0.1) is 55.0 Å². The highest BCUT2D eigenvalue weighted by Crippen LogP contribution is 2.67. The first kappa shape index (κ1) is 50.4. The van der Waals surface area contributed by atoms with E-state index in [2.05, 4.69) is 27.4 Å². The maximum absolute atomic E-state index is 16.7. The summed E-state index contributed by atoms with van der Waals surface area (Å²) >= 11 is 0. The van der Waals surface area contributed by atoms with Gasteiger partial charge in [0.1, 0.15) is 36.5 Å². The third-order valence-corrected chi connectivity index (χ3v) is 14.1. The van der Waals surface area contributed by atoms with E-state index in [-0.39, 0.29) is 42.4 Å². The smallest absolute Gasteiger partial charge is 0.421 e. The molecular weight excluding hydrogens is 975 g/mol. The van der Waals surface area contributed by atoms with Crippen LogP contribution in [0.2, 0.25) is 0 Å². The molecular formula is C57H51N7O12. The molecule has 0 bridgehead atoms. The Labute approximate surface area is 436 Å². The normalized spacial score (nSPS) is 21.6. The fourth-order valence-electron chi connectivity index (χ4n) is 10.9.